The minimum Gasteiger partial charge on any atom is -0.481 e. The molecule has 1 aromatic carbocycles. The predicted molar refractivity (Wildman–Crippen MR) is 73.8 cm³/mol. The van der Waals surface area contributed by atoms with Crippen LogP contribution in [-0.2, 0) is 25.7 Å². The van der Waals surface area contributed by atoms with Crippen LogP contribution >= 0.6 is 11.6 Å². The van der Waals surface area contributed by atoms with E-state index in [4.69, 9.17) is 21.1 Å². The zero-order valence-corrected chi connectivity index (χ0v) is 12.0. The first kappa shape index (κ1) is 14.4. The lowest BCUT2D eigenvalue weighted by atomic mass is 9.79. The van der Waals surface area contributed by atoms with Crippen molar-refractivity contribution < 1.29 is 24.2 Å². The van der Waals surface area contributed by atoms with Gasteiger partial charge in [-0.25, -0.2) is 0 Å². The highest BCUT2D eigenvalue weighted by molar-refractivity contribution is 6.30. The van der Waals surface area contributed by atoms with Crippen LogP contribution in [0.1, 0.15) is 18.4 Å². The van der Waals surface area contributed by atoms with Crippen LogP contribution in [0.2, 0.25) is 5.02 Å². The van der Waals surface area contributed by atoms with Gasteiger partial charge in [-0.2, -0.15) is 0 Å². The maximum absolute atomic E-state index is 12.2. The number of aliphatic carboxylic acids is 1. The number of fused-ring (bicyclic) bond motifs is 2. The van der Waals surface area contributed by atoms with E-state index in [2.05, 4.69) is 0 Å². The van der Waals surface area contributed by atoms with Crippen molar-refractivity contribution in [3.8, 4) is 0 Å². The Morgan fingerprint density at radius 2 is 1.81 bits per heavy atom. The highest BCUT2D eigenvalue weighted by Gasteiger charge is 2.56. The van der Waals surface area contributed by atoms with Gasteiger partial charge in [0, 0.05) is 5.02 Å². The molecular weight excluding hydrogens is 296 g/mol. The highest BCUT2D eigenvalue weighted by Crippen LogP contribution is 2.44. The number of esters is 1. The molecule has 0 saturated carbocycles. The molecule has 4 atom stereocenters. The molecule has 112 valence electrons. The Morgan fingerprint density at radius 3 is 2.43 bits per heavy atom. The molecule has 0 aliphatic carbocycles. The summed E-state index contributed by atoms with van der Waals surface area (Å²) in [6, 6.07) is 6.96. The van der Waals surface area contributed by atoms with Gasteiger partial charge in [-0.3, -0.25) is 9.59 Å². The number of carbonyl (C=O) groups is 2. The Labute approximate surface area is 126 Å². The highest BCUT2D eigenvalue weighted by atomic mass is 35.5. The number of carboxylic acid groups (broad SMARTS) is 1. The molecule has 0 radical (unpaired) electrons. The summed E-state index contributed by atoms with van der Waals surface area (Å²) >= 11 is 5.79. The molecular formula is C15H15ClO5. The number of halogens is 1. The maximum atomic E-state index is 12.2. The summed E-state index contributed by atoms with van der Waals surface area (Å²) < 4.78 is 10.8. The lowest BCUT2D eigenvalue weighted by Crippen LogP contribution is -2.39. The lowest BCUT2D eigenvalue weighted by Gasteiger charge is -2.23. The molecule has 0 amide bonds. The van der Waals surface area contributed by atoms with Crippen LogP contribution in [0, 0.1) is 11.8 Å². The SMILES string of the molecule is O=C(O)C1C2CCC(O2)C1C(=O)OCc1ccc(Cl)cc1. The number of rotatable bonds is 4. The molecule has 21 heavy (non-hydrogen) atoms. The van der Waals surface area contributed by atoms with Crippen LogP contribution in [-0.4, -0.2) is 29.3 Å². The molecule has 2 saturated heterocycles. The third kappa shape index (κ3) is 2.76. The molecule has 0 spiro atoms. The summed E-state index contributed by atoms with van der Waals surface area (Å²) in [5.41, 5.74) is 0.809. The summed E-state index contributed by atoms with van der Waals surface area (Å²) in [7, 11) is 0. The second kappa shape index (κ2) is 5.66. The van der Waals surface area contributed by atoms with Gasteiger partial charge in [0.2, 0.25) is 0 Å². The normalized spacial score (nSPS) is 30.3. The van der Waals surface area contributed by atoms with Crippen molar-refractivity contribution in [1.82, 2.24) is 0 Å². The van der Waals surface area contributed by atoms with Crippen LogP contribution in [0.15, 0.2) is 24.3 Å². The lowest BCUT2D eigenvalue weighted by molar-refractivity contribution is -0.159. The van der Waals surface area contributed by atoms with Gasteiger partial charge in [-0.1, -0.05) is 23.7 Å². The first-order chi connectivity index (χ1) is 10.1. The van der Waals surface area contributed by atoms with E-state index in [-0.39, 0.29) is 18.8 Å². The van der Waals surface area contributed by atoms with Gasteiger partial charge >= 0.3 is 11.9 Å². The number of ether oxygens (including phenoxy) is 2. The Hall–Kier alpha value is -1.59. The summed E-state index contributed by atoms with van der Waals surface area (Å²) in [6.45, 7) is 0.107. The Bertz CT molecular complexity index is 556. The smallest absolute Gasteiger partial charge is 0.312 e. The molecule has 3 rings (SSSR count). The van der Waals surface area contributed by atoms with E-state index in [1.807, 2.05) is 0 Å². The summed E-state index contributed by atoms with van der Waals surface area (Å²) in [4.78, 5) is 23.5. The van der Waals surface area contributed by atoms with E-state index in [1.54, 1.807) is 24.3 Å². The fourth-order valence-electron chi connectivity index (χ4n) is 3.12. The molecule has 2 bridgehead atoms. The van der Waals surface area contributed by atoms with E-state index in [9.17, 15) is 14.7 Å². The van der Waals surface area contributed by atoms with Crippen LogP contribution < -0.4 is 0 Å². The van der Waals surface area contributed by atoms with E-state index in [0.29, 0.717) is 11.4 Å². The maximum Gasteiger partial charge on any atom is 0.312 e. The Morgan fingerprint density at radius 1 is 1.19 bits per heavy atom. The number of carbonyl (C=O) groups excluding carboxylic acids is 1. The van der Waals surface area contributed by atoms with Gasteiger partial charge in [0.1, 0.15) is 6.61 Å². The third-order valence-corrected chi connectivity index (χ3v) is 4.38. The molecule has 2 aliphatic heterocycles. The van der Waals surface area contributed by atoms with Crippen molar-refractivity contribution in [2.75, 3.05) is 0 Å². The molecule has 2 heterocycles. The molecule has 2 fully saturated rings. The Kier molecular flexibility index (Phi) is 3.87. The zero-order chi connectivity index (χ0) is 15.0. The monoisotopic (exact) mass is 310 g/mol. The minimum absolute atomic E-state index is 0.107. The number of hydrogen-bond acceptors (Lipinski definition) is 4. The Balaban J connectivity index is 1.64. The summed E-state index contributed by atoms with van der Waals surface area (Å²) in [5.74, 6) is -2.98. The van der Waals surface area contributed by atoms with E-state index in [0.717, 1.165) is 12.0 Å². The van der Waals surface area contributed by atoms with Crippen molar-refractivity contribution >= 4 is 23.5 Å². The second-order valence-electron chi connectivity index (χ2n) is 5.41. The minimum atomic E-state index is -0.990. The predicted octanol–water partition coefficient (Wildman–Crippen LogP) is 2.26. The van der Waals surface area contributed by atoms with Gasteiger partial charge in [0.15, 0.2) is 0 Å². The van der Waals surface area contributed by atoms with Gasteiger partial charge in [-0.05, 0) is 30.5 Å². The van der Waals surface area contributed by atoms with Crippen LogP contribution in [0.3, 0.4) is 0 Å². The number of carboxylic acids is 1. The van der Waals surface area contributed by atoms with Gasteiger partial charge in [-0.15, -0.1) is 0 Å². The van der Waals surface area contributed by atoms with Gasteiger partial charge in [0.05, 0.1) is 24.0 Å². The molecule has 4 unspecified atom stereocenters. The average Bonchev–Trinajstić information content (AvgIpc) is 3.06. The van der Waals surface area contributed by atoms with Crippen molar-refractivity contribution in [3.63, 3.8) is 0 Å². The molecule has 0 aromatic heterocycles. The number of benzene rings is 1. The molecule has 6 heteroatoms. The fraction of sp³-hybridized carbons (Fsp3) is 0.467. The quantitative estimate of drug-likeness (QED) is 0.864. The van der Waals surface area contributed by atoms with Crippen molar-refractivity contribution in [2.24, 2.45) is 11.8 Å². The second-order valence-corrected chi connectivity index (χ2v) is 5.85. The van der Waals surface area contributed by atoms with Crippen LogP contribution in [0.5, 0.6) is 0 Å². The molecule has 1 aromatic rings. The van der Waals surface area contributed by atoms with Crippen molar-refractivity contribution in [3.05, 3.63) is 34.9 Å². The van der Waals surface area contributed by atoms with E-state index < -0.39 is 23.8 Å². The third-order valence-electron chi connectivity index (χ3n) is 4.12. The standard InChI is InChI=1S/C15H15ClO5/c16-9-3-1-8(2-4-9)7-20-15(19)13-11-6-5-10(21-11)12(13)14(17)18/h1-4,10-13H,5-7H2,(H,17,18). The zero-order valence-electron chi connectivity index (χ0n) is 11.2. The van der Waals surface area contributed by atoms with Crippen LogP contribution in [0.4, 0.5) is 0 Å². The molecule has 2 aliphatic rings. The average molecular weight is 311 g/mol. The molecule has 5 nitrogen and oxygen atoms in total. The molecule has 1 N–H and O–H groups in total. The van der Waals surface area contributed by atoms with Gasteiger partial charge in [0.25, 0.3) is 0 Å². The summed E-state index contributed by atoms with van der Waals surface area (Å²) in [6.07, 6.45) is 0.729. The summed E-state index contributed by atoms with van der Waals surface area (Å²) in [5, 5.41) is 9.88. The van der Waals surface area contributed by atoms with E-state index in [1.165, 1.54) is 0 Å². The van der Waals surface area contributed by atoms with Gasteiger partial charge < -0.3 is 14.6 Å². The van der Waals surface area contributed by atoms with E-state index >= 15 is 0 Å². The first-order valence-electron chi connectivity index (χ1n) is 6.85. The van der Waals surface area contributed by atoms with Crippen LogP contribution in [0.25, 0.3) is 0 Å². The fourth-order valence-corrected chi connectivity index (χ4v) is 3.25. The largest absolute Gasteiger partial charge is 0.481 e. The first-order valence-corrected chi connectivity index (χ1v) is 7.23. The van der Waals surface area contributed by atoms with Crippen molar-refractivity contribution in [1.29, 1.82) is 0 Å². The topological polar surface area (TPSA) is 72.8 Å². The number of hydrogen-bond donors (Lipinski definition) is 1. The van der Waals surface area contributed by atoms with Crippen molar-refractivity contribution in [2.45, 2.75) is 31.7 Å².